The maximum absolute atomic E-state index is 13.1. The normalized spacial score (nSPS) is 14.1. The zero-order valence-electron chi connectivity index (χ0n) is 13.4. The van der Waals surface area contributed by atoms with Gasteiger partial charge in [-0.15, -0.1) is 6.58 Å². The van der Waals surface area contributed by atoms with Crippen LogP contribution >= 0.6 is 0 Å². The summed E-state index contributed by atoms with van der Waals surface area (Å²) < 4.78 is 110. The summed E-state index contributed by atoms with van der Waals surface area (Å²) in [6.45, 7) is 2.30. The molecule has 0 rings (SSSR count). The first kappa shape index (κ1) is 24.1. The average Bonchev–Trinajstić information content (AvgIpc) is 2.50. The van der Waals surface area contributed by atoms with E-state index < -0.39 is 61.7 Å². The molecular formula is C14H16F8O4. The molecule has 1 atom stereocenters. The van der Waals surface area contributed by atoms with Gasteiger partial charge in [0.1, 0.15) is 6.10 Å². The predicted octanol–water partition coefficient (Wildman–Crippen LogP) is 3.99. The molecule has 26 heavy (non-hydrogen) atoms. The Bertz CT molecular complexity index is 507. The molecule has 0 aliphatic rings. The number of hydrogen-bond acceptors (Lipinski definition) is 4. The largest absolute Gasteiger partial charge is 0.462 e. The lowest BCUT2D eigenvalue weighted by Crippen LogP contribution is -2.59. The van der Waals surface area contributed by atoms with Crippen molar-refractivity contribution in [2.75, 3.05) is 6.61 Å². The maximum Gasteiger partial charge on any atom is 0.381 e. The Morgan fingerprint density at radius 1 is 1.04 bits per heavy atom. The lowest BCUT2D eigenvalue weighted by molar-refractivity contribution is -0.344. The molecule has 0 radical (unpaired) electrons. The summed E-state index contributed by atoms with van der Waals surface area (Å²) in [5.74, 6) is -21.1. The minimum absolute atomic E-state index is 0.288. The van der Waals surface area contributed by atoms with Gasteiger partial charge in [0, 0.05) is 6.42 Å². The second-order valence-corrected chi connectivity index (χ2v) is 5.19. The monoisotopic (exact) mass is 400 g/mol. The van der Waals surface area contributed by atoms with Crippen molar-refractivity contribution in [2.24, 2.45) is 0 Å². The van der Waals surface area contributed by atoms with E-state index >= 15 is 0 Å². The summed E-state index contributed by atoms with van der Waals surface area (Å²) in [6.07, 6.45) is -5.45. The molecule has 0 N–H and O–H groups in total. The van der Waals surface area contributed by atoms with Gasteiger partial charge in [0.05, 0.1) is 12.8 Å². The number of ether oxygens (including phenoxy) is 2. The zero-order chi connectivity index (χ0) is 20.8. The fraction of sp³-hybridized carbons (Fsp3) is 0.714. The fourth-order valence-corrected chi connectivity index (χ4v) is 1.49. The van der Waals surface area contributed by atoms with Crippen LogP contribution in [0.25, 0.3) is 0 Å². The van der Waals surface area contributed by atoms with Crippen molar-refractivity contribution >= 4 is 11.9 Å². The lowest BCUT2D eigenvalue weighted by atomic mass is 10.1. The van der Waals surface area contributed by atoms with E-state index in [0.717, 1.165) is 0 Å². The molecule has 152 valence electrons. The molecule has 0 saturated carbocycles. The third kappa shape index (κ3) is 6.13. The van der Waals surface area contributed by atoms with E-state index in [1.807, 2.05) is 0 Å². The lowest BCUT2D eigenvalue weighted by Gasteiger charge is -2.31. The molecule has 12 heteroatoms. The molecule has 0 bridgehead atoms. The number of carbonyl (C=O) groups excluding carboxylic acids is 2. The topological polar surface area (TPSA) is 52.6 Å². The van der Waals surface area contributed by atoms with Gasteiger partial charge in [-0.05, 0) is 6.92 Å². The number of hydrogen-bond donors (Lipinski definition) is 0. The van der Waals surface area contributed by atoms with Crippen LogP contribution in [0.15, 0.2) is 12.7 Å². The van der Waals surface area contributed by atoms with Crippen molar-refractivity contribution in [3.63, 3.8) is 0 Å². The van der Waals surface area contributed by atoms with Crippen LogP contribution in [-0.4, -0.2) is 48.8 Å². The van der Waals surface area contributed by atoms with E-state index in [0.29, 0.717) is 0 Å². The number of esters is 2. The summed E-state index contributed by atoms with van der Waals surface area (Å²) >= 11 is 0. The summed E-state index contributed by atoms with van der Waals surface area (Å²) in [7, 11) is 0. The molecule has 0 fully saturated rings. The Hall–Kier alpha value is -1.88. The van der Waals surface area contributed by atoms with Crippen LogP contribution in [0.3, 0.4) is 0 Å². The molecule has 0 aliphatic heterocycles. The van der Waals surface area contributed by atoms with Gasteiger partial charge in [-0.25, -0.2) is 8.78 Å². The first-order chi connectivity index (χ1) is 11.7. The van der Waals surface area contributed by atoms with Gasteiger partial charge in [-0.2, -0.15) is 26.3 Å². The van der Waals surface area contributed by atoms with E-state index in [1.165, 1.54) is 13.0 Å². The number of rotatable bonds is 11. The van der Waals surface area contributed by atoms with E-state index in [9.17, 15) is 44.7 Å². The highest BCUT2D eigenvalue weighted by Crippen LogP contribution is 2.48. The van der Waals surface area contributed by atoms with Gasteiger partial charge < -0.3 is 9.47 Å². The molecule has 0 aromatic rings. The molecular weight excluding hydrogens is 384 g/mol. The quantitative estimate of drug-likeness (QED) is 0.299. The molecule has 1 unspecified atom stereocenters. The Morgan fingerprint density at radius 3 is 2.00 bits per heavy atom. The summed E-state index contributed by atoms with van der Waals surface area (Å²) in [6, 6.07) is 0. The Labute approximate surface area is 143 Å². The minimum atomic E-state index is -6.46. The number of alkyl halides is 8. The minimum Gasteiger partial charge on any atom is -0.462 e. The smallest absolute Gasteiger partial charge is 0.381 e. The second-order valence-electron chi connectivity index (χ2n) is 5.19. The number of halogens is 8. The molecule has 0 spiro atoms. The van der Waals surface area contributed by atoms with E-state index in [1.54, 1.807) is 0 Å². The van der Waals surface area contributed by atoms with Crippen LogP contribution in [-0.2, 0) is 19.1 Å². The maximum atomic E-state index is 13.1. The molecule has 0 amide bonds. The fourth-order valence-electron chi connectivity index (χ4n) is 1.49. The van der Waals surface area contributed by atoms with Gasteiger partial charge in [-0.3, -0.25) is 9.59 Å². The van der Waals surface area contributed by atoms with Crippen molar-refractivity contribution in [3.8, 4) is 0 Å². The third-order valence-electron chi connectivity index (χ3n) is 2.93. The van der Waals surface area contributed by atoms with Crippen molar-refractivity contribution in [1.29, 1.82) is 0 Å². The molecule has 4 nitrogen and oxygen atoms in total. The van der Waals surface area contributed by atoms with E-state index in [-0.39, 0.29) is 6.42 Å². The van der Waals surface area contributed by atoms with Crippen molar-refractivity contribution in [3.05, 3.63) is 12.7 Å². The first-order valence-electron chi connectivity index (χ1n) is 7.06. The van der Waals surface area contributed by atoms with Crippen LogP contribution in [0.5, 0.6) is 0 Å². The first-order valence-corrected chi connectivity index (χ1v) is 7.06. The van der Waals surface area contributed by atoms with Gasteiger partial charge in [0.2, 0.25) is 0 Å². The van der Waals surface area contributed by atoms with Gasteiger partial charge in [0.25, 0.3) is 0 Å². The highest BCUT2D eigenvalue weighted by atomic mass is 19.4. The SMILES string of the molecule is C=CCC(C)OC(=O)CCC(=O)OCC(F)(F)C(F)(F)C(F)(F)C(F)F. The standard InChI is InChI=1S/C14H16F8O4/c1-3-4-8(2)26-10(24)6-5-9(23)25-7-12(17,18)14(21,22)13(19,20)11(15)16/h3,8,11H,1,4-7H2,2H3. The van der Waals surface area contributed by atoms with Crippen LogP contribution in [0.4, 0.5) is 35.1 Å². The van der Waals surface area contributed by atoms with Crippen LogP contribution in [0.2, 0.25) is 0 Å². The van der Waals surface area contributed by atoms with Crippen LogP contribution in [0.1, 0.15) is 26.2 Å². The predicted molar refractivity (Wildman–Crippen MR) is 71.4 cm³/mol. The van der Waals surface area contributed by atoms with Gasteiger partial charge in [0.15, 0.2) is 6.61 Å². The van der Waals surface area contributed by atoms with E-state index in [4.69, 9.17) is 4.74 Å². The van der Waals surface area contributed by atoms with Crippen LogP contribution < -0.4 is 0 Å². The van der Waals surface area contributed by atoms with Crippen molar-refractivity contribution < 1.29 is 54.2 Å². The molecule has 0 aliphatic carbocycles. The molecule has 0 aromatic heterocycles. The summed E-state index contributed by atoms with van der Waals surface area (Å²) in [4.78, 5) is 22.4. The highest BCUT2D eigenvalue weighted by molar-refractivity contribution is 5.77. The van der Waals surface area contributed by atoms with E-state index in [2.05, 4.69) is 11.3 Å². The summed E-state index contributed by atoms with van der Waals surface area (Å²) in [5, 5.41) is 0. The van der Waals surface area contributed by atoms with Crippen LogP contribution in [0, 0.1) is 0 Å². The summed E-state index contributed by atoms with van der Waals surface area (Å²) in [5.41, 5.74) is 0. The Morgan fingerprint density at radius 2 is 1.54 bits per heavy atom. The van der Waals surface area contributed by atoms with Gasteiger partial charge in [-0.1, -0.05) is 6.08 Å². The zero-order valence-corrected chi connectivity index (χ0v) is 13.4. The highest BCUT2D eigenvalue weighted by Gasteiger charge is 2.75. The third-order valence-corrected chi connectivity index (χ3v) is 2.93. The molecule has 0 aromatic carbocycles. The average molecular weight is 400 g/mol. The van der Waals surface area contributed by atoms with Gasteiger partial charge >= 0.3 is 36.1 Å². The Balaban J connectivity index is 4.61. The Kier molecular flexibility index (Phi) is 8.51. The van der Waals surface area contributed by atoms with Crippen molar-refractivity contribution in [2.45, 2.75) is 56.5 Å². The van der Waals surface area contributed by atoms with Crippen molar-refractivity contribution in [1.82, 2.24) is 0 Å². The molecule has 0 saturated heterocycles. The molecule has 0 heterocycles. The number of carbonyl (C=O) groups is 2. The second kappa shape index (κ2) is 9.17.